The van der Waals surface area contributed by atoms with Gasteiger partial charge in [-0.1, -0.05) is 60.7 Å². The number of piperidine rings is 1. The molecule has 0 bridgehead atoms. The topological polar surface area (TPSA) is 69.9 Å². The molecule has 2 fully saturated rings. The summed E-state index contributed by atoms with van der Waals surface area (Å²) in [6.07, 6.45) is 1.69. The van der Waals surface area contributed by atoms with Crippen LogP contribution in [-0.4, -0.2) is 36.0 Å². The molecule has 1 atom stereocenters. The minimum atomic E-state index is -3.30. The quantitative estimate of drug-likeness (QED) is 0.172. The van der Waals surface area contributed by atoms with Crippen LogP contribution in [-0.2, 0) is 4.57 Å². The van der Waals surface area contributed by atoms with Gasteiger partial charge in [0.25, 0.3) is 13.1 Å². The number of likely N-dealkylation sites (tertiary alicyclic amines) is 1. The molecule has 2 aliphatic heterocycles. The van der Waals surface area contributed by atoms with Crippen molar-refractivity contribution in [1.29, 1.82) is 0 Å². The fraction of sp³-hybridized carbons (Fsp3) is 0.259. The molecule has 3 aromatic rings. The van der Waals surface area contributed by atoms with E-state index in [1.165, 1.54) is 17.7 Å². The zero-order valence-corrected chi connectivity index (χ0v) is 20.5. The van der Waals surface area contributed by atoms with E-state index >= 15 is 4.57 Å². The van der Waals surface area contributed by atoms with E-state index in [0.717, 1.165) is 42.9 Å². The van der Waals surface area contributed by atoms with Gasteiger partial charge in [-0.3, -0.25) is 19.6 Å². The lowest BCUT2D eigenvalue weighted by molar-refractivity contribution is -0.384. The van der Waals surface area contributed by atoms with E-state index in [9.17, 15) is 10.1 Å². The molecule has 7 nitrogen and oxygen atoms in total. The van der Waals surface area contributed by atoms with Crippen LogP contribution in [0.1, 0.15) is 24.2 Å². The van der Waals surface area contributed by atoms with Crippen molar-refractivity contribution < 1.29 is 9.49 Å². The monoisotopic (exact) mass is 488 g/mol. The SMILES string of the molecule is C=C1CCN(C(c2ccc([N+](=O)[O-])cc2)P2(=O)N(c3ccccc3)CCN2c2ccccc2)CC1. The Morgan fingerprint density at radius 1 is 0.771 bits per heavy atom. The third kappa shape index (κ3) is 4.38. The lowest BCUT2D eigenvalue weighted by Crippen LogP contribution is -2.39. The summed E-state index contributed by atoms with van der Waals surface area (Å²) < 4.78 is 19.8. The number of nitro benzene ring substituents is 1. The molecule has 0 amide bonds. The molecule has 2 heterocycles. The normalized spacial score (nSPS) is 19.0. The number of benzene rings is 3. The summed E-state index contributed by atoms with van der Waals surface area (Å²) in [5, 5.41) is 11.3. The Morgan fingerprint density at radius 3 is 1.71 bits per heavy atom. The minimum absolute atomic E-state index is 0.0315. The first-order valence-electron chi connectivity index (χ1n) is 11.9. The molecule has 0 radical (unpaired) electrons. The van der Waals surface area contributed by atoms with Crippen LogP contribution in [0.4, 0.5) is 17.1 Å². The highest BCUT2D eigenvalue weighted by atomic mass is 31.2. The second kappa shape index (κ2) is 9.68. The van der Waals surface area contributed by atoms with Gasteiger partial charge in [-0.15, -0.1) is 0 Å². The van der Waals surface area contributed by atoms with Crippen LogP contribution in [0.5, 0.6) is 0 Å². The summed E-state index contributed by atoms with van der Waals surface area (Å²) >= 11 is 0. The van der Waals surface area contributed by atoms with Crippen LogP contribution in [0.15, 0.2) is 97.1 Å². The number of anilines is 2. The maximum Gasteiger partial charge on any atom is 0.284 e. The predicted molar refractivity (Wildman–Crippen MR) is 141 cm³/mol. The summed E-state index contributed by atoms with van der Waals surface area (Å²) in [5.41, 5.74) is 3.90. The van der Waals surface area contributed by atoms with Crippen molar-refractivity contribution in [3.8, 4) is 0 Å². The van der Waals surface area contributed by atoms with Crippen molar-refractivity contribution >= 4 is 24.5 Å². The van der Waals surface area contributed by atoms with Crippen LogP contribution in [0.25, 0.3) is 0 Å². The maximum absolute atomic E-state index is 15.6. The van der Waals surface area contributed by atoms with E-state index in [4.69, 9.17) is 0 Å². The summed E-state index contributed by atoms with van der Waals surface area (Å²) in [6.45, 7) is 6.90. The van der Waals surface area contributed by atoms with Gasteiger partial charge in [0, 0.05) is 49.7 Å². The average Bonchev–Trinajstić information content (AvgIpc) is 3.24. The standard InChI is InChI=1S/C27H29N4O3P/c1-22-16-18-28(19-17-22)27(23-12-14-26(15-13-23)31(32)33)35(34)29(24-8-4-2-5-9-24)20-21-30(35)25-10-6-3-7-11-25/h2-15,27H,1,16-21H2. The van der Waals surface area contributed by atoms with Gasteiger partial charge in [-0.05, 0) is 42.7 Å². The molecule has 2 saturated heterocycles. The third-order valence-electron chi connectivity index (χ3n) is 6.90. The van der Waals surface area contributed by atoms with Crippen LogP contribution in [0.3, 0.4) is 0 Å². The number of non-ortho nitro benzene ring substituents is 1. The highest BCUT2D eigenvalue weighted by molar-refractivity contribution is 7.67. The van der Waals surface area contributed by atoms with Gasteiger partial charge in [0.1, 0.15) is 5.78 Å². The predicted octanol–water partition coefficient (Wildman–Crippen LogP) is 6.47. The first-order chi connectivity index (χ1) is 17.0. The summed E-state index contributed by atoms with van der Waals surface area (Å²) in [5.74, 6) is -0.445. The Bertz CT molecular complexity index is 1190. The summed E-state index contributed by atoms with van der Waals surface area (Å²) in [6, 6.07) is 26.4. The molecule has 0 aliphatic carbocycles. The van der Waals surface area contributed by atoms with Crippen molar-refractivity contribution in [3.63, 3.8) is 0 Å². The van der Waals surface area contributed by atoms with Gasteiger partial charge in [-0.25, -0.2) is 0 Å². The van der Waals surface area contributed by atoms with E-state index in [-0.39, 0.29) is 5.69 Å². The molecular formula is C27H29N4O3P. The smallest absolute Gasteiger partial charge is 0.284 e. The lowest BCUT2D eigenvalue weighted by Gasteiger charge is -2.44. The van der Waals surface area contributed by atoms with Gasteiger partial charge in [0.2, 0.25) is 0 Å². The molecule has 1 unspecified atom stereocenters. The number of hydrogen-bond donors (Lipinski definition) is 0. The van der Waals surface area contributed by atoms with Gasteiger partial charge >= 0.3 is 0 Å². The molecule has 5 rings (SSSR count). The van der Waals surface area contributed by atoms with E-state index in [2.05, 4.69) is 20.8 Å². The molecule has 0 aromatic heterocycles. The molecule has 35 heavy (non-hydrogen) atoms. The molecule has 0 N–H and O–H groups in total. The first kappa shape index (κ1) is 23.3. The second-order valence-electron chi connectivity index (χ2n) is 9.01. The second-order valence-corrected chi connectivity index (χ2v) is 11.6. The minimum Gasteiger partial charge on any atom is -0.304 e. The van der Waals surface area contributed by atoms with Gasteiger partial charge in [-0.2, -0.15) is 0 Å². The zero-order valence-electron chi connectivity index (χ0n) is 19.6. The van der Waals surface area contributed by atoms with Crippen molar-refractivity contribution in [2.45, 2.75) is 18.6 Å². The van der Waals surface area contributed by atoms with Crippen molar-refractivity contribution in [2.24, 2.45) is 0 Å². The van der Waals surface area contributed by atoms with Crippen molar-refractivity contribution in [2.75, 3.05) is 35.5 Å². The molecule has 0 spiro atoms. The Balaban J connectivity index is 1.68. The van der Waals surface area contributed by atoms with Crippen LogP contribution in [0, 0.1) is 10.1 Å². The average molecular weight is 489 g/mol. The Hall–Kier alpha value is -3.41. The molecule has 2 aliphatic rings. The maximum atomic E-state index is 15.6. The Kier molecular flexibility index (Phi) is 6.46. The zero-order chi connectivity index (χ0) is 24.4. The summed E-state index contributed by atoms with van der Waals surface area (Å²) in [4.78, 5) is 13.2. The first-order valence-corrected chi connectivity index (χ1v) is 13.6. The Labute approximate surface area is 205 Å². The van der Waals surface area contributed by atoms with Gasteiger partial charge in [0.15, 0.2) is 0 Å². The molecule has 8 heteroatoms. The molecule has 180 valence electrons. The molecular weight excluding hydrogens is 459 g/mol. The summed E-state index contributed by atoms with van der Waals surface area (Å²) in [7, 11) is -3.30. The molecule has 0 saturated carbocycles. The number of hydrogen-bond acceptors (Lipinski definition) is 4. The number of para-hydroxylation sites is 2. The highest BCUT2D eigenvalue weighted by Gasteiger charge is 2.52. The Morgan fingerprint density at radius 2 is 1.26 bits per heavy atom. The van der Waals surface area contributed by atoms with Crippen LogP contribution in [0.2, 0.25) is 0 Å². The molecule has 3 aromatic carbocycles. The fourth-order valence-electron chi connectivity index (χ4n) is 5.13. The number of rotatable bonds is 6. The third-order valence-corrected chi connectivity index (χ3v) is 10.4. The van der Waals surface area contributed by atoms with Gasteiger partial charge in [0.05, 0.1) is 4.92 Å². The highest BCUT2D eigenvalue weighted by Crippen LogP contribution is 2.70. The lowest BCUT2D eigenvalue weighted by atomic mass is 10.1. The van der Waals surface area contributed by atoms with Crippen molar-refractivity contribution in [1.82, 2.24) is 4.90 Å². The largest absolute Gasteiger partial charge is 0.304 e. The van der Waals surface area contributed by atoms with Crippen LogP contribution < -0.4 is 9.34 Å². The number of nitro groups is 1. The van der Waals surface area contributed by atoms with E-state index in [1.807, 2.05) is 60.7 Å². The fourth-order valence-corrected chi connectivity index (χ4v) is 8.82. The van der Waals surface area contributed by atoms with Crippen LogP contribution >= 0.6 is 7.44 Å². The van der Waals surface area contributed by atoms with E-state index < -0.39 is 18.1 Å². The van der Waals surface area contributed by atoms with E-state index in [1.54, 1.807) is 12.1 Å². The van der Waals surface area contributed by atoms with Gasteiger partial charge < -0.3 is 9.34 Å². The van der Waals surface area contributed by atoms with E-state index in [0.29, 0.717) is 13.1 Å². The number of nitrogens with zero attached hydrogens (tertiary/aromatic N) is 4. The van der Waals surface area contributed by atoms with Crippen molar-refractivity contribution in [3.05, 3.63) is 113 Å².